The van der Waals surface area contributed by atoms with Gasteiger partial charge in [-0.15, -0.1) is 11.3 Å². The fraction of sp³-hybridized carbons (Fsp3) is 0.529. The number of fused-ring (bicyclic) bond motifs is 1. The van der Waals surface area contributed by atoms with Crippen molar-refractivity contribution in [1.82, 2.24) is 9.88 Å². The smallest absolute Gasteiger partial charge is 0.222 e. The van der Waals surface area contributed by atoms with Crippen LogP contribution in [0.15, 0.2) is 24.3 Å². The van der Waals surface area contributed by atoms with E-state index < -0.39 is 0 Å². The zero-order chi connectivity index (χ0) is 15.4. The van der Waals surface area contributed by atoms with Crippen LogP contribution < -0.4 is 0 Å². The van der Waals surface area contributed by atoms with Gasteiger partial charge in [0.1, 0.15) is 0 Å². The van der Waals surface area contributed by atoms with E-state index in [1.54, 1.807) is 11.3 Å². The number of amides is 1. The standard InChI is InChI=1S/C17H22N2O2S/c20-13-9-11-19(12-10-13)17(21)8-4-3-7-16-18-14-5-1-2-6-15(14)22-16/h1-2,5-6,13,20H,3-4,7-12H2. The van der Waals surface area contributed by atoms with Crippen molar-refractivity contribution in [3.63, 3.8) is 0 Å². The first-order chi connectivity index (χ1) is 10.7. The van der Waals surface area contributed by atoms with Crippen LogP contribution in [0.4, 0.5) is 0 Å². The van der Waals surface area contributed by atoms with Crippen molar-refractivity contribution in [1.29, 1.82) is 0 Å². The lowest BCUT2D eigenvalue weighted by Gasteiger charge is -2.29. The van der Waals surface area contributed by atoms with Crippen molar-refractivity contribution in [3.05, 3.63) is 29.3 Å². The van der Waals surface area contributed by atoms with Crippen molar-refractivity contribution in [3.8, 4) is 0 Å². The van der Waals surface area contributed by atoms with E-state index >= 15 is 0 Å². The molecule has 1 aromatic carbocycles. The van der Waals surface area contributed by atoms with Gasteiger partial charge >= 0.3 is 0 Å². The molecule has 0 aliphatic carbocycles. The van der Waals surface area contributed by atoms with Crippen LogP contribution in [0.25, 0.3) is 10.2 Å². The van der Waals surface area contributed by atoms with Gasteiger partial charge in [-0.05, 0) is 44.2 Å². The highest BCUT2D eigenvalue weighted by atomic mass is 32.1. The molecule has 0 spiro atoms. The molecule has 2 aromatic rings. The first kappa shape index (κ1) is 15.4. The molecule has 1 saturated heterocycles. The zero-order valence-corrected chi connectivity index (χ0v) is 13.5. The number of piperidine rings is 1. The van der Waals surface area contributed by atoms with E-state index in [1.807, 2.05) is 23.1 Å². The van der Waals surface area contributed by atoms with Crippen molar-refractivity contribution in [2.75, 3.05) is 13.1 Å². The molecule has 1 aliphatic heterocycles. The van der Waals surface area contributed by atoms with Gasteiger partial charge in [-0.2, -0.15) is 0 Å². The molecule has 1 amide bonds. The van der Waals surface area contributed by atoms with Crippen molar-refractivity contribution in [2.24, 2.45) is 0 Å². The summed E-state index contributed by atoms with van der Waals surface area (Å²) in [6, 6.07) is 8.20. The van der Waals surface area contributed by atoms with E-state index in [0.29, 0.717) is 19.5 Å². The van der Waals surface area contributed by atoms with Gasteiger partial charge in [0, 0.05) is 19.5 Å². The maximum absolute atomic E-state index is 12.1. The normalized spacial score (nSPS) is 16.3. The Labute approximate surface area is 134 Å². The number of aliphatic hydroxyl groups is 1. The molecule has 1 fully saturated rings. The van der Waals surface area contributed by atoms with Crippen LogP contribution in [0.1, 0.15) is 37.1 Å². The molecular weight excluding hydrogens is 296 g/mol. The Balaban J connectivity index is 1.40. The predicted molar refractivity (Wildman–Crippen MR) is 89.0 cm³/mol. The third-order valence-electron chi connectivity index (χ3n) is 4.19. The van der Waals surface area contributed by atoms with Gasteiger partial charge in [-0.25, -0.2) is 4.98 Å². The minimum absolute atomic E-state index is 0.219. The minimum Gasteiger partial charge on any atom is -0.393 e. The topological polar surface area (TPSA) is 53.4 Å². The van der Waals surface area contributed by atoms with Crippen LogP contribution in [0.2, 0.25) is 0 Å². The van der Waals surface area contributed by atoms with Gasteiger partial charge in [0.25, 0.3) is 0 Å². The van der Waals surface area contributed by atoms with Crippen LogP contribution in [0, 0.1) is 0 Å². The van der Waals surface area contributed by atoms with E-state index in [9.17, 15) is 9.90 Å². The Kier molecular flexibility index (Phi) is 5.05. The van der Waals surface area contributed by atoms with Gasteiger partial charge < -0.3 is 10.0 Å². The number of aryl methyl sites for hydroxylation is 1. The monoisotopic (exact) mass is 318 g/mol. The first-order valence-electron chi connectivity index (χ1n) is 8.02. The Hall–Kier alpha value is -1.46. The summed E-state index contributed by atoms with van der Waals surface area (Å²) < 4.78 is 1.24. The lowest BCUT2D eigenvalue weighted by atomic mass is 10.1. The summed E-state index contributed by atoms with van der Waals surface area (Å²) in [6.07, 6.45) is 4.69. The Bertz CT molecular complexity index is 599. The summed E-state index contributed by atoms with van der Waals surface area (Å²) in [6.45, 7) is 1.41. The number of hydrogen-bond donors (Lipinski definition) is 1. The SMILES string of the molecule is O=C(CCCCc1nc2ccccc2s1)N1CCC(O)CC1. The van der Waals surface area contributed by atoms with Gasteiger partial charge in [0.2, 0.25) is 5.91 Å². The average Bonchev–Trinajstić information content (AvgIpc) is 2.95. The Morgan fingerprint density at radius 1 is 1.27 bits per heavy atom. The molecule has 118 valence electrons. The quantitative estimate of drug-likeness (QED) is 0.862. The molecule has 0 saturated carbocycles. The lowest BCUT2D eigenvalue weighted by Crippen LogP contribution is -2.39. The summed E-state index contributed by atoms with van der Waals surface area (Å²) in [5, 5.41) is 10.6. The van der Waals surface area contributed by atoms with Gasteiger partial charge in [0.05, 0.1) is 21.3 Å². The number of aromatic nitrogens is 1. The van der Waals surface area contributed by atoms with E-state index in [-0.39, 0.29) is 12.0 Å². The summed E-state index contributed by atoms with van der Waals surface area (Å²) in [7, 11) is 0. The first-order valence-corrected chi connectivity index (χ1v) is 8.84. The zero-order valence-electron chi connectivity index (χ0n) is 12.7. The molecule has 0 bridgehead atoms. The van der Waals surface area contributed by atoms with E-state index in [0.717, 1.165) is 42.6 Å². The lowest BCUT2D eigenvalue weighted by molar-refractivity contribution is -0.133. The number of nitrogens with zero attached hydrogens (tertiary/aromatic N) is 2. The van der Waals surface area contributed by atoms with Gasteiger partial charge in [-0.1, -0.05) is 12.1 Å². The van der Waals surface area contributed by atoms with Crippen molar-refractivity contribution >= 4 is 27.5 Å². The molecule has 0 atom stereocenters. The maximum Gasteiger partial charge on any atom is 0.222 e. The van der Waals surface area contributed by atoms with Gasteiger partial charge in [0.15, 0.2) is 0 Å². The largest absolute Gasteiger partial charge is 0.393 e. The number of carbonyl (C=O) groups is 1. The predicted octanol–water partition coefficient (Wildman–Crippen LogP) is 2.99. The summed E-state index contributed by atoms with van der Waals surface area (Å²) in [5.74, 6) is 0.233. The number of unbranched alkanes of at least 4 members (excludes halogenated alkanes) is 1. The summed E-state index contributed by atoms with van der Waals surface area (Å²) >= 11 is 1.75. The molecule has 0 unspecified atom stereocenters. The van der Waals surface area contributed by atoms with Crippen LogP contribution in [0.5, 0.6) is 0 Å². The number of hydrogen-bond acceptors (Lipinski definition) is 4. The highest BCUT2D eigenvalue weighted by molar-refractivity contribution is 7.18. The molecule has 1 N–H and O–H groups in total. The second kappa shape index (κ2) is 7.20. The molecule has 4 nitrogen and oxygen atoms in total. The van der Waals surface area contributed by atoms with E-state index in [2.05, 4.69) is 11.1 Å². The molecule has 5 heteroatoms. The number of thiazole rings is 1. The second-order valence-corrected chi connectivity index (χ2v) is 7.01. The molecule has 1 aliphatic rings. The number of rotatable bonds is 5. The fourth-order valence-electron chi connectivity index (χ4n) is 2.85. The number of aliphatic hydroxyl groups excluding tert-OH is 1. The summed E-state index contributed by atoms with van der Waals surface area (Å²) in [5.41, 5.74) is 1.07. The van der Waals surface area contributed by atoms with Crippen LogP contribution in [-0.2, 0) is 11.2 Å². The molecule has 0 radical (unpaired) electrons. The highest BCUT2D eigenvalue weighted by Gasteiger charge is 2.20. The maximum atomic E-state index is 12.1. The fourth-order valence-corrected chi connectivity index (χ4v) is 3.86. The Morgan fingerprint density at radius 2 is 2.05 bits per heavy atom. The van der Waals surface area contributed by atoms with E-state index in [4.69, 9.17) is 0 Å². The third kappa shape index (κ3) is 3.84. The van der Waals surface area contributed by atoms with Crippen molar-refractivity contribution < 1.29 is 9.90 Å². The molecule has 1 aromatic heterocycles. The molecule has 22 heavy (non-hydrogen) atoms. The third-order valence-corrected chi connectivity index (χ3v) is 5.28. The van der Waals surface area contributed by atoms with Gasteiger partial charge in [-0.3, -0.25) is 4.79 Å². The molecule has 3 rings (SSSR count). The second-order valence-electron chi connectivity index (χ2n) is 5.89. The number of carbonyl (C=O) groups excluding carboxylic acids is 1. The Morgan fingerprint density at radius 3 is 2.82 bits per heavy atom. The molecule has 2 heterocycles. The van der Waals surface area contributed by atoms with Crippen LogP contribution >= 0.6 is 11.3 Å². The number of benzene rings is 1. The summed E-state index contributed by atoms with van der Waals surface area (Å²) in [4.78, 5) is 18.6. The van der Waals surface area contributed by atoms with Crippen LogP contribution in [0.3, 0.4) is 0 Å². The minimum atomic E-state index is -0.219. The molecular formula is C17H22N2O2S. The number of para-hydroxylation sites is 1. The van der Waals surface area contributed by atoms with Crippen molar-refractivity contribution in [2.45, 2.75) is 44.6 Å². The highest BCUT2D eigenvalue weighted by Crippen LogP contribution is 2.23. The average molecular weight is 318 g/mol. The van der Waals surface area contributed by atoms with E-state index in [1.165, 1.54) is 4.70 Å². The van der Waals surface area contributed by atoms with Crippen LogP contribution in [-0.4, -0.2) is 40.1 Å². The number of likely N-dealkylation sites (tertiary alicyclic amines) is 1.